The molecule has 1 amide bonds. The molecule has 126 valence electrons. The van der Waals surface area contributed by atoms with Gasteiger partial charge in [0.05, 0.1) is 17.8 Å². The van der Waals surface area contributed by atoms with E-state index >= 15 is 0 Å². The van der Waals surface area contributed by atoms with Crippen LogP contribution in [0, 0.1) is 0 Å². The lowest BCUT2D eigenvalue weighted by molar-refractivity contribution is -0.137. The van der Waals surface area contributed by atoms with Crippen LogP contribution in [-0.4, -0.2) is 35.9 Å². The summed E-state index contributed by atoms with van der Waals surface area (Å²) >= 11 is 0. The maximum Gasteiger partial charge on any atom is 0.416 e. The molecule has 0 aliphatic carbocycles. The topological polar surface area (TPSA) is 57.2 Å². The number of alkyl halides is 3. The molecular formula is C15H13F3N4O2. The molecule has 3 heterocycles. The van der Waals surface area contributed by atoms with Gasteiger partial charge in [-0.15, -0.1) is 0 Å². The monoisotopic (exact) mass is 338 g/mol. The Hall–Kier alpha value is -2.71. The second-order valence-electron chi connectivity index (χ2n) is 5.82. The van der Waals surface area contributed by atoms with E-state index in [9.17, 15) is 18.0 Å². The number of halogens is 3. The van der Waals surface area contributed by atoms with Gasteiger partial charge in [0.15, 0.2) is 0 Å². The third-order valence-corrected chi connectivity index (χ3v) is 4.18. The zero-order chi connectivity index (χ0) is 17.1. The van der Waals surface area contributed by atoms with E-state index in [0.29, 0.717) is 23.8 Å². The minimum atomic E-state index is -4.39. The lowest BCUT2D eigenvalue weighted by Crippen LogP contribution is -2.53. The summed E-state index contributed by atoms with van der Waals surface area (Å²) in [6.07, 6.45) is -3.39. The molecule has 0 saturated heterocycles. The van der Waals surface area contributed by atoms with Crippen molar-refractivity contribution in [1.82, 2.24) is 10.3 Å². The molecule has 4 rings (SSSR count). The van der Waals surface area contributed by atoms with E-state index in [2.05, 4.69) is 10.4 Å². The number of hydrogen-bond donors (Lipinski definition) is 1. The van der Waals surface area contributed by atoms with Gasteiger partial charge in [0.25, 0.3) is 0 Å². The van der Waals surface area contributed by atoms with Gasteiger partial charge in [-0.05, 0) is 31.2 Å². The Morgan fingerprint density at radius 2 is 2.00 bits per heavy atom. The van der Waals surface area contributed by atoms with Gasteiger partial charge in [-0.2, -0.15) is 18.3 Å². The zero-order valence-electron chi connectivity index (χ0n) is 12.5. The first-order valence-corrected chi connectivity index (χ1v) is 7.35. The highest BCUT2D eigenvalue weighted by Crippen LogP contribution is 2.37. The number of hydrogen-bond acceptors (Lipinski definition) is 5. The van der Waals surface area contributed by atoms with Crippen LogP contribution in [0.15, 0.2) is 40.9 Å². The first-order valence-electron chi connectivity index (χ1n) is 7.35. The molecule has 0 radical (unpaired) electrons. The number of anilines is 1. The van der Waals surface area contributed by atoms with E-state index in [4.69, 9.17) is 4.74 Å². The van der Waals surface area contributed by atoms with Crippen LogP contribution >= 0.6 is 0 Å². The number of rotatable bonds is 1. The largest absolute Gasteiger partial charge is 0.416 e. The van der Waals surface area contributed by atoms with Crippen molar-refractivity contribution in [3.8, 4) is 0 Å². The second-order valence-corrected chi connectivity index (χ2v) is 5.82. The summed E-state index contributed by atoms with van der Waals surface area (Å²) in [6, 6.07) is 4.37. The van der Waals surface area contributed by atoms with Crippen LogP contribution in [0.5, 0.6) is 0 Å². The standard InChI is InChI=1S/C15H13F3N4O2/c1-8-7-21(10-4-2-9(3-5-10)15(16,17)18)13-12-11(6-19-22(8)12)20-14(23)24-13/h2-6,8,11H,7H2,1H3,(H,20,23)/t8-,11?/m0/s1. The molecule has 6 nitrogen and oxygen atoms in total. The molecular weight excluding hydrogens is 325 g/mol. The Bertz CT molecular complexity index is 757. The summed E-state index contributed by atoms with van der Waals surface area (Å²) in [6.45, 7) is 2.37. The highest BCUT2D eigenvalue weighted by molar-refractivity contribution is 5.83. The fourth-order valence-corrected chi connectivity index (χ4v) is 3.07. The van der Waals surface area contributed by atoms with Gasteiger partial charge >= 0.3 is 12.3 Å². The molecule has 1 aromatic carbocycles. The molecule has 0 fully saturated rings. The number of carbonyl (C=O) groups excluding carboxylic acids is 1. The molecule has 1 N–H and O–H groups in total. The molecule has 1 unspecified atom stereocenters. The Balaban J connectivity index is 1.74. The van der Waals surface area contributed by atoms with Crippen molar-refractivity contribution < 1.29 is 22.7 Å². The quantitative estimate of drug-likeness (QED) is 0.855. The van der Waals surface area contributed by atoms with Gasteiger partial charge in [-0.1, -0.05) is 0 Å². The average Bonchev–Trinajstić information content (AvgIpc) is 2.94. The predicted octanol–water partition coefficient (Wildman–Crippen LogP) is 2.49. The Kier molecular flexibility index (Phi) is 3.03. The van der Waals surface area contributed by atoms with Crippen LogP contribution in [0.2, 0.25) is 0 Å². The van der Waals surface area contributed by atoms with Gasteiger partial charge in [0, 0.05) is 12.2 Å². The van der Waals surface area contributed by atoms with Gasteiger partial charge in [-0.25, -0.2) is 4.79 Å². The first-order chi connectivity index (χ1) is 11.3. The molecule has 0 bridgehead atoms. The molecule has 1 aromatic rings. The fraction of sp³-hybridized carbons (Fsp3) is 0.333. The van der Waals surface area contributed by atoms with Crippen LogP contribution < -0.4 is 10.2 Å². The number of alkyl carbamates (subject to hydrolysis) is 1. The number of nitrogens with zero attached hydrogens (tertiary/aromatic N) is 3. The van der Waals surface area contributed by atoms with Crippen LogP contribution in [-0.2, 0) is 10.9 Å². The number of ether oxygens (including phenoxy) is 1. The van der Waals surface area contributed by atoms with Gasteiger partial charge in [0.1, 0.15) is 11.7 Å². The molecule has 0 saturated carbocycles. The minimum Gasteiger partial charge on any atom is -0.391 e. The number of carbonyl (C=O) groups is 1. The zero-order valence-corrected chi connectivity index (χ0v) is 12.5. The Morgan fingerprint density at radius 1 is 1.29 bits per heavy atom. The molecule has 3 aliphatic heterocycles. The van der Waals surface area contributed by atoms with Gasteiger partial charge in [0.2, 0.25) is 5.88 Å². The normalized spacial score (nSPS) is 25.6. The van der Waals surface area contributed by atoms with Crippen LogP contribution in [0.3, 0.4) is 0 Å². The Morgan fingerprint density at radius 3 is 2.67 bits per heavy atom. The van der Waals surface area contributed by atoms with Crippen molar-refractivity contribution in [2.24, 2.45) is 5.10 Å². The predicted molar refractivity (Wildman–Crippen MR) is 79.0 cm³/mol. The maximum absolute atomic E-state index is 12.7. The average molecular weight is 338 g/mol. The van der Waals surface area contributed by atoms with Crippen molar-refractivity contribution in [3.05, 3.63) is 41.4 Å². The van der Waals surface area contributed by atoms with Crippen LogP contribution in [0.4, 0.5) is 23.7 Å². The van der Waals surface area contributed by atoms with Crippen LogP contribution in [0.25, 0.3) is 0 Å². The van der Waals surface area contributed by atoms with E-state index in [1.54, 1.807) is 16.1 Å². The summed E-state index contributed by atoms with van der Waals surface area (Å²) in [5, 5.41) is 8.68. The third kappa shape index (κ3) is 2.19. The molecule has 9 heteroatoms. The molecule has 2 atom stereocenters. The van der Waals surface area contributed by atoms with Gasteiger partial charge < -0.3 is 15.0 Å². The van der Waals surface area contributed by atoms with E-state index in [1.807, 2.05) is 6.92 Å². The van der Waals surface area contributed by atoms with E-state index in [1.165, 1.54) is 12.1 Å². The molecule has 24 heavy (non-hydrogen) atoms. The molecule has 0 spiro atoms. The summed E-state index contributed by atoms with van der Waals surface area (Å²) in [5.41, 5.74) is 0.491. The molecule has 3 aliphatic rings. The summed E-state index contributed by atoms with van der Waals surface area (Å²) in [7, 11) is 0. The molecule has 0 aromatic heterocycles. The highest BCUT2D eigenvalue weighted by atomic mass is 19.4. The van der Waals surface area contributed by atoms with Crippen molar-refractivity contribution in [1.29, 1.82) is 0 Å². The van der Waals surface area contributed by atoms with Crippen molar-refractivity contribution in [3.63, 3.8) is 0 Å². The maximum atomic E-state index is 12.7. The number of nitrogens with one attached hydrogen (secondary N) is 1. The lowest BCUT2D eigenvalue weighted by atomic mass is 10.1. The van der Waals surface area contributed by atoms with Gasteiger partial charge in [-0.3, -0.25) is 5.01 Å². The number of amides is 1. The van der Waals surface area contributed by atoms with Crippen molar-refractivity contribution in [2.75, 3.05) is 11.4 Å². The van der Waals surface area contributed by atoms with E-state index in [-0.39, 0.29) is 12.1 Å². The lowest BCUT2D eigenvalue weighted by Gasteiger charge is -2.41. The fourth-order valence-electron chi connectivity index (χ4n) is 3.07. The highest BCUT2D eigenvalue weighted by Gasteiger charge is 2.44. The first kappa shape index (κ1) is 14.9. The Labute approximate surface area is 135 Å². The third-order valence-electron chi connectivity index (χ3n) is 4.18. The van der Waals surface area contributed by atoms with E-state index < -0.39 is 17.8 Å². The number of hydrazone groups is 1. The van der Waals surface area contributed by atoms with Crippen molar-refractivity contribution in [2.45, 2.75) is 25.2 Å². The smallest absolute Gasteiger partial charge is 0.391 e. The summed E-state index contributed by atoms with van der Waals surface area (Å²) < 4.78 is 43.5. The van der Waals surface area contributed by atoms with Crippen molar-refractivity contribution >= 4 is 18.0 Å². The second kappa shape index (κ2) is 4.89. The van der Waals surface area contributed by atoms with Crippen LogP contribution in [0.1, 0.15) is 12.5 Å². The summed E-state index contributed by atoms with van der Waals surface area (Å²) in [4.78, 5) is 13.4. The number of benzene rings is 1. The SMILES string of the molecule is C[C@H]1CN(c2ccc(C(F)(F)F)cc2)C2=C3C(C=NN31)NC(=O)O2. The minimum absolute atomic E-state index is 0.0223. The van der Waals surface area contributed by atoms with E-state index in [0.717, 1.165) is 12.1 Å². The summed E-state index contributed by atoms with van der Waals surface area (Å²) in [5.74, 6) is 0.305.